The predicted octanol–water partition coefficient (Wildman–Crippen LogP) is 3.93. The van der Waals surface area contributed by atoms with Crippen molar-refractivity contribution in [3.8, 4) is 17.2 Å². The van der Waals surface area contributed by atoms with E-state index in [9.17, 15) is 0 Å². The van der Waals surface area contributed by atoms with Crippen LogP contribution >= 0.6 is 34.9 Å². The fraction of sp³-hybridized carbons (Fsp3) is 0.231. The molecule has 0 saturated heterocycles. The molecule has 0 bridgehead atoms. The van der Waals surface area contributed by atoms with Crippen molar-refractivity contribution in [3.63, 3.8) is 0 Å². The van der Waals surface area contributed by atoms with E-state index in [0.717, 1.165) is 22.8 Å². The lowest BCUT2D eigenvalue weighted by Crippen LogP contribution is -1.93. The second-order valence-corrected chi connectivity index (χ2v) is 6.37. The number of aromatic nitrogens is 4. The summed E-state index contributed by atoms with van der Waals surface area (Å²) in [6, 6.07) is 7.55. The second-order valence-electron chi connectivity index (χ2n) is 4.08. The molecule has 0 aliphatic rings. The van der Waals surface area contributed by atoms with E-state index in [4.69, 9.17) is 20.8 Å². The molecule has 0 unspecified atom stereocenters. The van der Waals surface area contributed by atoms with Crippen molar-refractivity contribution in [2.75, 3.05) is 6.61 Å². The van der Waals surface area contributed by atoms with Gasteiger partial charge in [-0.05, 0) is 19.1 Å². The van der Waals surface area contributed by atoms with Gasteiger partial charge in [0.15, 0.2) is 0 Å². The smallest absolute Gasteiger partial charge is 0.277 e. The van der Waals surface area contributed by atoms with E-state index in [2.05, 4.69) is 19.8 Å². The van der Waals surface area contributed by atoms with Gasteiger partial charge in [-0.2, -0.15) is 0 Å². The van der Waals surface area contributed by atoms with Crippen molar-refractivity contribution >= 4 is 34.9 Å². The average molecular weight is 355 g/mol. The zero-order valence-electron chi connectivity index (χ0n) is 11.5. The van der Waals surface area contributed by atoms with Crippen LogP contribution in [0.15, 0.2) is 33.9 Å². The Bertz CT molecular complexity index is 762. The fourth-order valence-corrected chi connectivity index (χ4v) is 3.21. The van der Waals surface area contributed by atoms with Crippen molar-refractivity contribution in [2.45, 2.75) is 17.9 Å². The lowest BCUT2D eigenvalue weighted by atomic mass is 10.2. The quantitative estimate of drug-likeness (QED) is 0.621. The molecule has 0 fully saturated rings. The van der Waals surface area contributed by atoms with E-state index in [-0.39, 0.29) is 0 Å². The Morgan fingerprint density at radius 3 is 2.91 bits per heavy atom. The lowest BCUT2D eigenvalue weighted by molar-refractivity contribution is 0.340. The van der Waals surface area contributed by atoms with Gasteiger partial charge < -0.3 is 9.15 Å². The highest BCUT2D eigenvalue weighted by molar-refractivity contribution is 7.98. The molecule has 3 rings (SSSR count). The van der Waals surface area contributed by atoms with Gasteiger partial charge in [0.2, 0.25) is 0 Å². The summed E-state index contributed by atoms with van der Waals surface area (Å²) in [6.07, 6.45) is 0. The summed E-state index contributed by atoms with van der Waals surface area (Å²) in [5.41, 5.74) is 1.49. The Morgan fingerprint density at radius 2 is 2.14 bits per heavy atom. The number of hydrogen-bond donors (Lipinski definition) is 0. The third kappa shape index (κ3) is 3.40. The van der Waals surface area contributed by atoms with Gasteiger partial charge in [0.05, 0.1) is 12.2 Å². The van der Waals surface area contributed by atoms with E-state index in [1.54, 1.807) is 0 Å². The first-order valence-corrected chi connectivity index (χ1v) is 8.57. The first-order valence-electron chi connectivity index (χ1n) is 6.43. The van der Waals surface area contributed by atoms with Crippen molar-refractivity contribution in [1.29, 1.82) is 0 Å². The summed E-state index contributed by atoms with van der Waals surface area (Å²) < 4.78 is 15.6. The van der Waals surface area contributed by atoms with Crippen molar-refractivity contribution in [1.82, 2.24) is 19.8 Å². The molecule has 2 aromatic heterocycles. The Hall–Kier alpha value is -1.64. The fourth-order valence-electron chi connectivity index (χ4n) is 1.71. The predicted molar refractivity (Wildman–Crippen MR) is 85.4 cm³/mol. The maximum Gasteiger partial charge on any atom is 0.277 e. The van der Waals surface area contributed by atoms with Crippen molar-refractivity contribution in [2.24, 2.45) is 0 Å². The summed E-state index contributed by atoms with van der Waals surface area (Å²) in [5, 5.41) is 12.5. The topological polar surface area (TPSA) is 73.9 Å². The minimum absolute atomic E-state index is 0.425. The highest BCUT2D eigenvalue weighted by atomic mass is 35.5. The zero-order chi connectivity index (χ0) is 15.4. The normalized spacial score (nSPS) is 10.8. The number of hydrogen-bond acceptors (Lipinski definition) is 8. The minimum atomic E-state index is 0.425. The number of rotatable bonds is 6. The molecule has 0 aliphatic heterocycles. The van der Waals surface area contributed by atoms with Crippen LogP contribution in [0.1, 0.15) is 12.6 Å². The summed E-state index contributed by atoms with van der Waals surface area (Å²) in [7, 11) is 0. The van der Waals surface area contributed by atoms with Crippen LogP contribution in [-0.2, 0) is 5.75 Å². The summed E-state index contributed by atoms with van der Waals surface area (Å²) in [6.45, 7) is 2.50. The monoisotopic (exact) mass is 354 g/mol. The molecule has 2 heterocycles. The van der Waals surface area contributed by atoms with Gasteiger partial charge in [0.25, 0.3) is 11.1 Å². The third-order valence-electron chi connectivity index (χ3n) is 2.67. The maximum atomic E-state index is 5.96. The first-order chi connectivity index (χ1) is 10.8. The van der Waals surface area contributed by atoms with E-state index in [1.165, 1.54) is 11.8 Å². The molecule has 9 heteroatoms. The second kappa shape index (κ2) is 7.08. The molecule has 0 amide bonds. The standard InChI is InChI=1S/C13H11ClN4O2S2/c1-2-19-10-6-4-3-5-8(10)12-16-17-13(20-12)21-7-9-11(14)22-18-15-9/h3-6H,2,7H2,1H3. The van der Waals surface area contributed by atoms with Crippen LogP contribution in [0, 0.1) is 0 Å². The molecule has 0 atom stereocenters. The molecule has 0 saturated carbocycles. The van der Waals surface area contributed by atoms with Crippen LogP contribution in [0.4, 0.5) is 0 Å². The van der Waals surface area contributed by atoms with E-state index < -0.39 is 0 Å². The van der Waals surface area contributed by atoms with Crippen LogP contribution in [0.3, 0.4) is 0 Å². The number of thioether (sulfide) groups is 1. The summed E-state index contributed by atoms with van der Waals surface area (Å²) in [4.78, 5) is 0. The molecule has 1 aromatic carbocycles. The van der Waals surface area contributed by atoms with Gasteiger partial charge in [0.1, 0.15) is 15.8 Å². The van der Waals surface area contributed by atoms with E-state index in [0.29, 0.717) is 33.5 Å². The largest absolute Gasteiger partial charge is 0.493 e. The molecule has 22 heavy (non-hydrogen) atoms. The molecule has 6 nitrogen and oxygen atoms in total. The van der Waals surface area contributed by atoms with Gasteiger partial charge in [0, 0.05) is 17.3 Å². The van der Waals surface area contributed by atoms with E-state index >= 15 is 0 Å². The molecule has 0 N–H and O–H groups in total. The summed E-state index contributed by atoms with van der Waals surface area (Å²) in [5.74, 6) is 1.68. The van der Waals surface area contributed by atoms with Gasteiger partial charge in [-0.15, -0.1) is 15.3 Å². The van der Waals surface area contributed by atoms with Crippen LogP contribution in [0.5, 0.6) is 5.75 Å². The molecule has 114 valence electrons. The Morgan fingerprint density at radius 1 is 1.27 bits per heavy atom. The van der Waals surface area contributed by atoms with Crippen LogP contribution in [-0.4, -0.2) is 26.4 Å². The van der Waals surface area contributed by atoms with Crippen LogP contribution < -0.4 is 4.74 Å². The number of para-hydroxylation sites is 1. The zero-order valence-corrected chi connectivity index (χ0v) is 13.9. The summed E-state index contributed by atoms with van der Waals surface area (Å²) >= 11 is 8.48. The number of benzene rings is 1. The molecular weight excluding hydrogens is 344 g/mol. The van der Waals surface area contributed by atoms with Gasteiger partial charge in [-0.1, -0.05) is 40.0 Å². The third-order valence-corrected chi connectivity index (χ3v) is 4.48. The SMILES string of the molecule is CCOc1ccccc1-c1nnc(SCc2nnsc2Cl)o1. The van der Waals surface area contributed by atoms with E-state index in [1.807, 2.05) is 31.2 Å². The molecule has 0 spiro atoms. The van der Waals surface area contributed by atoms with Gasteiger partial charge in [-0.3, -0.25) is 0 Å². The molecule has 0 radical (unpaired) electrons. The average Bonchev–Trinajstić information content (AvgIpc) is 3.15. The maximum absolute atomic E-state index is 5.96. The molecule has 3 aromatic rings. The first kappa shape index (κ1) is 15.3. The number of halogens is 1. The van der Waals surface area contributed by atoms with Crippen LogP contribution in [0.2, 0.25) is 4.34 Å². The molecular formula is C13H11ClN4O2S2. The van der Waals surface area contributed by atoms with Crippen LogP contribution in [0.25, 0.3) is 11.5 Å². The van der Waals surface area contributed by atoms with Crippen molar-refractivity contribution < 1.29 is 9.15 Å². The number of ether oxygens (including phenoxy) is 1. The Balaban J connectivity index is 1.75. The number of nitrogens with zero attached hydrogens (tertiary/aromatic N) is 4. The highest BCUT2D eigenvalue weighted by Crippen LogP contribution is 2.32. The Labute approximate surface area is 140 Å². The lowest BCUT2D eigenvalue weighted by Gasteiger charge is -2.05. The molecule has 0 aliphatic carbocycles. The van der Waals surface area contributed by atoms with Gasteiger partial charge in [-0.25, -0.2) is 0 Å². The minimum Gasteiger partial charge on any atom is -0.493 e. The van der Waals surface area contributed by atoms with Crippen molar-refractivity contribution in [3.05, 3.63) is 34.3 Å². The van der Waals surface area contributed by atoms with Gasteiger partial charge >= 0.3 is 0 Å². The highest BCUT2D eigenvalue weighted by Gasteiger charge is 2.14. The Kier molecular flexibility index (Phi) is 4.91.